The number of likely N-dealkylation sites (tertiary alicyclic amines) is 1. The van der Waals surface area contributed by atoms with Crippen molar-refractivity contribution in [1.82, 2.24) is 9.88 Å². The molecule has 38 heavy (non-hydrogen) atoms. The minimum absolute atomic E-state index is 0.00750. The number of anilines is 1. The zero-order valence-electron chi connectivity index (χ0n) is 23.1. The number of aromatic amines is 1. The van der Waals surface area contributed by atoms with Crippen molar-refractivity contribution < 1.29 is 4.79 Å². The van der Waals surface area contributed by atoms with Gasteiger partial charge in [0.05, 0.1) is 0 Å². The zero-order valence-corrected chi connectivity index (χ0v) is 23.1. The molecular formula is C34H41N3O. The smallest absolute Gasteiger partial charge is 0.226 e. The number of unbranched alkanes of at least 4 members (excludes halogenated alkanes) is 1. The number of nitrogens with zero attached hydrogens (tertiary/aromatic N) is 1. The molecular weight excluding hydrogens is 466 g/mol. The summed E-state index contributed by atoms with van der Waals surface area (Å²) in [4.78, 5) is 18.5. The minimum atomic E-state index is -0.00750. The maximum atomic E-state index is 12.1. The molecule has 3 aromatic carbocycles. The van der Waals surface area contributed by atoms with Gasteiger partial charge in [-0.3, -0.25) is 4.79 Å². The summed E-state index contributed by atoms with van der Waals surface area (Å²) in [5.74, 6) is 0.646. The van der Waals surface area contributed by atoms with Crippen LogP contribution >= 0.6 is 0 Å². The first-order chi connectivity index (χ1) is 18.5. The van der Waals surface area contributed by atoms with E-state index < -0.39 is 0 Å². The highest BCUT2D eigenvalue weighted by molar-refractivity contribution is 5.93. The third kappa shape index (κ3) is 6.02. The number of piperidine rings is 1. The molecule has 198 valence electrons. The van der Waals surface area contributed by atoms with Crippen LogP contribution in [0.4, 0.5) is 5.69 Å². The highest BCUT2D eigenvalue weighted by Crippen LogP contribution is 2.33. The monoisotopic (exact) mass is 507 g/mol. The van der Waals surface area contributed by atoms with Gasteiger partial charge in [0.15, 0.2) is 0 Å². The van der Waals surface area contributed by atoms with Crippen molar-refractivity contribution >= 4 is 22.5 Å². The second-order valence-electron chi connectivity index (χ2n) is 11.2. The molecule has 0 saturated carbocycles. The third-order valence-electron chi connectivity index (χ3n) is 8.10. The Labute approximate surface area is 227 Å². The van der Waals surface area contributed by atoms with Crippen LogP contribution in [0.3, 0.4) is 0 Å². The van der Waals surface area contributed by atoms with Crippen molar-refractivity contribution in [3.05, 3.63) is 89.5 Å². The Morgan fingerprint density at radius 1 is 0.974 bits per heavy atom. The first kappa shape index (κ1) is 26.2. The van der Waals surface area contributed by atoms with E-state index in [1.54, 1.807) is 0 Å². The molecule has 2 N–H and O–H groups in total. The lowest BCUT2D eigenvalue weighted by Gasteiger charge is -2.32. The molecule has 1 aliphatic heterocycles. The van der Waals surface area contributed by atoms with Gasteiger partial charge in [-0.1, -0.05) is 74.5 Å². The predicted octanol–water partition coefficient (Wildman–Crippen LogP) is 7.94. The largest absolute Gasteiger partial charge is 0.354 e. The van der Waals surface area contributed by atoms with Gasteiger partial charge in [-0.2, -0.15) is 0 Å². The van der Waals surface area contributed by atoms with Gasteiger partial charge in [-0.15, -0.1) is 0 Å². The van der Waals surface area contributed by atoms with E-state index in [4.69, 9.17) is 0 Å². The number of hydrogen-bond donors (Lipinski definition) is 2. The lowest BCUT2D eigenvalue weighted by Crippen LogP contribution is -2.33. The number of benzene rings is 3. The summed E-state index contributed by atoms with van der Waals surface area (Å²) >= 11 is 0. The fourth-order valence-corrected chi connectivity index (χ4v) is 5.82. The number of hydrogen-bond acceptors (Lipinski definition) is 2. The predicted molar refractivity (Wildman–Crippen MR) is 160 cm³/mol. The van der Waals surface area contributed by atoms with Gasteiger partial charge >= 0.3 is 0 Å². The van der Waals surface area contributed by atoms with E-state index >= 15 is 0 Å². The molecule has 4 nitrogen and oxygen atoms in total. The number of carbonyl (C=O) groups excluding carboxylic acids is 1. The van der Waals surface area contributed by atoms with E-state index in [2.05, 4.69) is 88.9 Å². The van der Waals surface area contributed by atoms with Gasteiger partial charge in [0.2, 0.25) is 5.91 Å². The Kier molecular flexibility index (Phi) is 8.29. The molecule has 1 fully saturated rings. The number of carbonyl (C=O) groups is 1. The number of aryl methyl sites for hydroxylation is 2. The number of amides is 1. The average Bonchev–Trinajstić information content (AvgIpc) is 3.32. The van der Waals surface area contributed by atoms with Gasteiger partial charge in [0.25, 0.3) is 0 Å². The first-order valence-corrected chi connectivity index (χ1v) is 14.3. The molecule has 1 aliphatic rings. The van der Waals surface area contributed by atoms with Crippen molar-refractivity contribution in [3.63, 3.8) is 0 Å². The number of H-pyrrole nitrogens is 1. The molecule has 0 unspecified atom stereocenters. The second-order valence-corrected chi connectivity index (χ2v) is 11.2. The SMILES string of the molecule is Cc1cccc2c(CCCCN3CCC(c4cccc(NC(=O)C(C)C)c4)CC3)c(-c3ccccc3)[nH]c12. The normalized spacial score (nSPS) is 14.8. The van der Waals surface area contributed by atoms with Crippen LogP contribution in [0.5, 0.6) is 0 Å². The van der Waals surface area contributed by atoms with Gasteiger partial charge in [-0.05, 0) is 99.0 Å². The number of fused-ring (bicyclic) bond motifs is 1. The molecule has 0 atom stereocenters. The number of para-hydroxylation sites is 1. The molecule has 2 heterocycles. The van der Waals surface area contributed by atoms with Crippen LogP contribution in [0.15, 0.2) is 72.8 Å². The van der Waals surface area contributed by atoms with Crippen LogP contribution in [-0.4, -0.2) is 35.4 Å². The molecule has 0 bridgehead atoms. The zero-order chi connectivity index (χ0) is 26.5. The number of aromatic nitrogens is 1. The van der Waals surface area contributed by atoms with Crippen molar-refractivity contribution in [2.24, 2.45) is 5.92 Å². The van der Waals surface area contributed by atoms with Crippen molar-refractivity contribution in [1.29, 1.82) is 0 Å². The fraction of sp³-hybridized carbons (Fsp3) is 0.382. The molecule has 1 aromatic heterocycles. The van der Waals surface area contributed by atoms with Gasteiger partial charge < -0.3 is 15.2 Å². The topological polar surface area (TPSA) is 48.1 Å². The van der Waals surface area contributed by atoms with E-state index in [1.807, 2.05) is 19.9 Å². The molecule has 5 rings (SSSR count). The molecule has 0 aliphatic carbocycles. The highest BCUT2D eigenvalue weighted by Gasteiger charge is 2.21. The summed E-state index contributed by atoms with van der Waals surface area (Å²) in [6.45, 7) is 9.51. The Bertz CT molecular complexity index is 1360. The van der Waals surface area contributed by atoms with Gasteiger partial charge in [-0.25, -0.2) is 0 Å². The molecule has 1 saturated heterocycles. The molecule has 0 spiro atoms. The third-order valence-corrected chi connectivity index (χ3v) is 8.10. The van der Waals surface area contributed by atoms with Crippen molar-refractivity contribution in [2.75, 3.05) is 25.0 Å². The Morgan fingerprint density at radius 3 is 2.50 bits per heavy atom. The van der Waals surface area contributed by atoms with Crippen molar-refractivity contribution in [3.8, 4) is 11.3 Å². The van der Waals surface area contributed by atoms with Crippen molar-refractivity contribution in [2.45, 2.75) is 58.8 Å². The summed E-state index contributed by atoms with van der Waals surface area (Å²) < 4.78 is 0. The van der Waals surface area contributed by atoms with E-state index in [1.165, 1.54) is 71.1 Å². The standard InChI is InChI=1S/C34H41N3O/c1-24(2)34(38)35-29-15-10-14-28(23-29)26-18-21-37(22-19-26)20-8-7-16-31-30-17-9-11-25(3)32(30)36-33(31)27-12-5-4-6-13-27/h4-6,9-15,17,23-24,26,36H,7-8,16,18-22H2,1-3H3,(H,35,38). The van der Waals surface area contributed by atoms with Crippen LogP contribution in [-0.2, 0) is 11.2 Å². The Hall–Kier alpha value is -3.37. The van der Waals surface area contributed by atoms with Crippen LogP contribution in [0.2, 0.25) is 0 Å². The number of rotatable bonds is 9. The molecule has 1 amide bonds. The lowest BCUT2D eigenvalue weighted by molar-refractivity contribution is -0.118. The van der Waals surface area contributed by atoms with E-state index in [9.17, 15) is 4.79 Å². The number of nitrogens with one attached hydrogen (secondary N) is 2. The fourth-order valence-electron chi connectivity index (χ4n) is 5.82. The second kappa shape index (κ2) is 12.0. The highest BCUT2D eigenvalue weighted by atomic mass is 16.1. The van der Waals surface area contributed by atoms with Gasteiger partial charge in [0, 0.05) is 28.2 Å². The summed E-state index contributed by atoms with van der Waals surface area (Å²) in [7, 11) is 0. The maximum absolute atomic E-state index is 12.1. The quantitative estimate of drug-likeness (QED) is 0.226. The average molecular weight is 508 g/mol. The summed E-state index contributed by atoms with van der Waals surface area (Å²) in [6.07, 6.45) is 5.87. The minimum Gasteiger partial charge on any atom is -0.354 e. The van der Waals surface area contributed by atoms with E-state index in [0.717, 1.165) is 25.2 Å². The van der Waals surface area contributed by atoms with E-state index in [-0.39, 0.29) is 11.8 Å². The summed E-state index contributed by atoms with van der Waals surface area (Å²) in [6, 6.07) is 25.9. The molecule has 4 heteroatoms. The van der Waals surface area contributed by atoms with Gasteiger partial charge in [0.1, 0.15) is 0 Å². The van der Waals surface area contributed by atoms with Crippen LogP contribution in [0.1, 0.15) is 62.1 Å². The lowest BCUT2D eigenvalue weighted by atomic mass is 9.89. The Balaban J connectivity index is 1.15. The Morgan fingerprint density at radius 2 is 1.74 bits per heavy atom. The van der Waals surface area contributed by atoms with Crippen LogP contribution in [0.25, 0.3) is 22.2 Å². The van der Waals surface area contributed by atoms with Crippen LogP contribution < -0.4 is 5.32 Å². The van der Waals surface area contributed by atoms with E-state index in [0.29, 0.717) is 5.92 Å². The summed E-state index contributed by atoms with van der Waals surface area (Å²) in [5.41, 5.74) is 8.87. The van der Waals surface area contributed by atoms with Crippen LogP contribution in [0, 0.1) is 12.8 Å². The molecule has 4 aromatic rings. The molecule has 0 radical (unpaired) electrons. The first-order valence-electron chi connectivity index (χ1n) is 14.3. The summed E-state index contributed by atoms with van der Waals surface area (Å²) in [5, 5.41) is 4.42. The maximum Gasteiger partial charge on any atom is 0.226 e.